The Bertz CT molecular complexity index is 960. The fraction of sp³-hybridized carbons (Fsp3) is 0.364. The van der Waals surface area contributed by atoms with E-state index in [4.69, 9.17) is 23.2 Å². The van der Waals surface area contributed by atoms with Gasteiger partial charge in [0, 0.05) is 44.2 Å². The molecule has 0 aliphatic carbocycles. The summed E-state index contributed by atoms with van der Waals surface area (Å²) in [4.78, 5) is 31.7. The van der Waals surface area contributed by atoms with Crippen LogP contribution in [0, 0.1) is 5.92 Å². The number of para-hydroxylation sites is 1. The van der Waals surface area contributed by atoms with Crippen molar-refractivity contribution in [3.8, 4) is 0 Å². The van der Waals surface area contributed by atoms with Gasteiger partial charge in [-0.25, -0.2) is 0 Å². The molecule has 30 heavy (non-hydrogen) atoms. The summed E-state index contributed by atoms with van der Waals surface area (Å²) in [5.41, 5.74) is 2.27. The first-order valence-electron chi connectivity index (χ1n) is 10.0. The van der Waals surface area contributed by atoms with E-state index < -0.39 is 5.92 Å². The predicted molar refractivity (Wildman–Crippen MR) is 122 cm³/mol. The van der Waals surface area contributed by atoms with Crippen LogP contribution in [0.1, 0.15) is 6.42 Å². The summed E-state index contributed by atoms with van der Waals surface area (Å²) >= 11 is 12.5. The first-order valence-corrected chi connectivity index (χ1v) is 10.8. The third-order valence-electron chi connectivity index (χ3n) is 5.70. The summed E-state index contributed by atoms with van der Waals surface area (Å²) in [6.45, 7) is 3.98. The molecule has 0 bridgehead atoms. The minimum atomic E-state index is -0.451. The van der Waals surface area contributed by atoms with Gasteiger partial charge in [-0.2, -0.15) is 0 Å². The standard InChI is InChI=1S/C22H24Cl2N4O2/c1-26-8-10-27(11-9-26)20-7-6-16(23)13-18(20)25-22(30)15-12-21(29)28(14-15)19-5-3-2-4-17(19)24/h2-7,13,15H,8-12,14H2,1H3,(H,25,30). The van der Waals surface area contributed by atoms with Crippen molar-refractivity contribution in [2.75, 3.05) is 54.9 Å². The maximum atomic E-state index is 13.0. The molecule has 2 amide bonds. The van der Waals surface area contributed by atoms with Gasteiger partial charge in [-0.05, 0) is 37.4 Å². The van der Waals surface area contributed by atoms with Gasteiger partial charge in [-0.15, -0.1) is 0 Å². The smallest absolute Gasteiger partial charge is 0.229 e. The minimum absolute atomic E-state index is 0.103. The molecule has 1 unspecified atom stereocenters. The van der Waals surface area contributed by atoms with E-state index in [9.17, 15) is 9.59 Å². The van der Waals surface area contributed by atoms with Gasteiger partial charge in [0.1, 0.15) is 0 Å². The maximum absolute atomic E-state index is 13.0. The van der Waals surface area contributed by atoms with E-state index in [0.29, 0.717) is 28.0 Å². The molecule has 8 heteroatoms. The molecular weight excluding hydrogens is 423 g/mol. The highest BCUT2D eigenvalue weighted by Gasteiger charge is 2.36. The number of likely N-dealkylation sites (N-methyl/N-ethyl adjacent to an activating group) is 1. The number of carbonyl (C=O) groups excluding carboxylic acids is 2. The number of rotatable bonds is 4. The Balaban J connectivity index is 1.50. The summed E-state index contributed by atoms with van der Waals surface area (Å²) in [6, 6.07) is 12.7. The molecule has 2 aromatic rings. The zero-order valence-corrected chi connectivity index (χ0v) is 18.3. The number of benzene rings is 2. The van der Waals surface area contributed by atoms with Crippen molar-refractivity contribution in [1.82, 2.24) is 4.90 Å². The van der Waals surface area contributed by atoms with Crippen LogP contribution in [0.3, 0.4) is 0 Å². The van der Waals surface area contributed by atoms with E-state index in [2.05, 4.69) is 22.2 Å². The quantitative estimate of drug-likeness (QED) is 0.776. The lowest BCUT2D eigenvalue weighted by Gasteiger charge is -2.35. The first kappa shape index (κ1) is 21.0. The topological polar surface area (TPSA) is 55.9 Å². The number of nitrogens with zero attached hydrogens (tertiary/aromatic N) is 3. The molecule has 0 aromatic heterocycles. The molecule has 0 radical (unpaired) electrons. The number of amides is 2. The fourth-order valence-electron chi connectivity index (χ4n) is 3.95. The van der Waals surface area contributed by atoms with Crippen molar-refractivity contribution in [3.63, 3.8) is 0 Å². The van der Waals surface area contributed by atoms with Crippen LogP contribution >= 0.6 is 23.2 Å². The molecule has 2 aromatic carbocycles. The molecule has 4 rings (SSSR count). The predicted octanol–water partition coefficient (Wildman–Crippen LogP) is 3.74. The highest BCUT2D eigenvalue weighted by molar-refractivity contribution is 6.34. The van der Waals surface area contributed by atoms with Crippen molar-refractivity contribution >= 4 is 52.1 Å². The average molecular weight is 447 g/mol. The SMILES string of the molecule is CN1CCN(c2ccc(Cl)cc2NC(=O)C2CC(=O)N(c3ccccc3Cl)C2)CC1. The van der Waals surface area contributed by atoms with E-state index in [0.717, 1.165) is 31.9 Å². The van der Waals surface area contributed by atoms with Crippen LogP contribution in [0.4, 0.5) is 17.1 Å². The largest absolute Gasteiger partial charge is 0.367 e. The van der Waals surface area contributed by atoms with Crippen LogP contribution in [-0.4, -0.2) is 56.5 Å². The van der Waals surface area contributed by atoms with E-state index in [1.54, 1.807) is 23.1 Å². The highest BCUT2D eigenvalue weighted by atomic mass is 35.5. The first-order chi connectivity index (χ1) is 14.4. The van der Waals surface area contributed by atoms with Gasteiger partial charge in [0.2, 0.25) is 11.8 Å². The molecule has 0 saturated carbocycles. The summed E-state index contributed by atoms with van der Waals surface area (Å²) in [5, 5.41) is 4.08. The van der Waals surface area contributed by atoms with Gasteiger partial charge in [-0.1, -0.05) is 35.3 Å². The molecule has 1 atom stereocenters. The van der Waals surface area contributed by atoms with E-state index in [1.807, 2.05) is 24.3 Å². The van der Waals surface area contributed by atoms with Gasteiger partial charge >= 0.3 is 0 Å². The number of piperazine rings is 1. The van der Waals surface area contributed by atoms with Crippen molar-refractivity contribution in [3.05, 3.63) is 52.5 Å². The summed E-state index contributed by atoms with van der Waals surface area (Å²) in [6.07, 6.45) is 0.154. The second-order valence-electron chi connectivity index (χ2n) is 7.80. The molecule has 158 valence electrons. The zero-order chi connectivity index (χ0) is 21.3. The molecule has 2 fully saturated rings. The minimum Gasteiger partial charge on any atom is -0.367 e. The van der Waals surface area contributed by atoms with Crippen molar-refractivity contribution in [1.29, 1.82) is 0 Å². The Labute approximate surface area is 186 Å². The number of hydrogen-bond acceptors (Lipinski definition) is 4. The monoisotopic (exact) mass is 446 g/mol. The van der Waals surface area contributed by atoms with Gasteiger partial charge in [0.15, 0.2) is 0 Å². The number of halogens is 2. The van der Waals surface area contributed by atoms with Crippen LogP contribution in [0.5, 0.6) is 0 Å². The molecule has 2 heterocycles. The maximum Gasteiger partial charge on any atom is 0.229 e. The normalized spacial score (nSPS) is 20.0. The second kappa shape index (κ2) is 8.84. The van der Waals surface area contributed by atoms with Crippen molar-refractivity contribution < 1.29 is 9.59 Å². The number of carbonyl (C=O) groups is 2. The van der Waals surface area contributed by atoms with Crippen LogP contribution in [0.15, 0.2) is 42.5 Å². The zero-order valence-electron chi connectivity index (χ0n) is 16.8. The van der Waals surface area contributed by atoms with E-state index in [1.165, 1.54) is 0 Å². The molecule has 0 spiro atoms. The molecule has 2 saturated heterocycles. The van der Waals surface area contributed by atoms with Gasteiger partial charge < -0.3 is 20.0 Å². The Morgan fingerprint density at radius 2 is 1.77 bits per heavy atom. The van der Waals surface area contributed by atoms with Gasteiger partial charge in [-0.3, -0.25) is 9.59 Å². The average Bonchev–Trinajstić information content (AvgIpc) is 3.11. The Hall–Kier alpha value is -2.28. The van der Waals surface area contributed by atoms with Crippen LogP contribution < -0.4 is 15.1 Å². The number of anilines is 3. The molecule has 2 aliphatic heterocycles. The van der Waals surface area contributed by atoms with Crippen LogP contribution in [0.25, 0.3) is 0 Å². The summed E-state index contributed by atoms with van der Waals surface area (Å²) in [5.74, 6) is -0.739. The third kappa shape index (κ3) is 4.41. The lowest BCUT2D eigenvalue weighted by atomic mass is 10.1. The van der Waals surface area contributed by atoms with Crippen molar-refractivity contribution in [2.24, 2.45) is 5.92 Å². The highest BCUT2D eigenvalue weighted by Crippen LogP contribution is 2.33. The lowest BCUT2D eigenvalue weighted by Crippen LogP contribution is -2.44. The Morgan fingerprint density at radius 3 is 2.50 bits per heavy atom. The molecular formula is C22H24Cl2N4O2. The number of nitrogens with one attached hydrogen (secondary N) is 1. The molecule has 6 nitrogen and oxygen atoms in total. The lowest BCUT2D eigenvalue weighted by molar-refractivity contribution is -0.122. The summed E-state index contributed by atoms with van der Waals surface area (Å²) < 4.78 is 0. The van der Waals surface area contributed by atoms with E-state index in [-0.39, 0.29) is 18.2 Å². The summed E-state index contributed by atoms with van der Waals surface area (Å²) in [7, 11) is 2.10. The second-order valence-corrected chi connectivity index (χ2v) is 8.64. The van der Waals surface area contributed by atoms with Gasteiger partial charge in [0.05, 0.1) is 28.0 Å². The van der Waals surface area contributed by atoms with Crippen molar-refractivity contribution in [2.45, 2.75) is 6.42 Å². The molecule has 2 aliphatic rings. The van der Waals surface area contributed by atoms with Gasteiger partial charge in [0.25, 0.3) is 0 Å². The fourth-order valence-corrected chi connectivity index (χ4v) is 4.36. The molecule has 1 N–H and O–H groups in total. The Kier molecular flexibility index (Phi) is 6.18. The number of hydrogen-bond donors (Lipinski definition) is 1. The Morgan fingerprint density at radius 1 is 1.03 bits per heavy atom. The van der Waals surface area contributed by atoms with E-state index >= 15 is 0 Å². The van der Waals surface area contributed by atoms with Crippen LogP contribution in [-0.2, 0) is 9.59 Å². The van der Waals surface area contributed by atoms with Crippen LogP contribution in [0.2, 0.25) is 10.0 Å². The third-order valence-corrected chi connectivity index (χ3v) is 6.25.